The van der Waals surface area contributed by atoms with Crippen molar-refractivity contribution in [2.75, 3.05) is 0 Å². The summed E-state index contributed by atoms with van der Waals surface area (Å²) in [6.07, 6.45) is 1.57. The van der Waals surface area contributed by atoms with Gasteiger partial charge in [0.1, 0.15) is 17.8 Å². The average molecular weight is 191 g/mol. The van der Waals surface area contributed by atoms with Crippen LogP contribution in [0, 0.1) is 19.7 Å². The Bertz CT molecular complexity index is 462. The fourth-order valence-corrected chi connectivity index (χ4v) is 1.30. The summed E-state index contributed by atoms with van der Waals surface area (Å²) < 4.78 is 18.1. The third-order valence-corrected chi connectivity index (χ3v) is 2.07. The predicted octanol–water partition coefficient (Wildman–Crippen LogP) is 3.10. The Labute approximate surface area is 81.4 Å². The molecule has 1 heterocycles. The number of aryl methyl sites for hydroxylation is 2. The quantitative estimate of drug-likeness (QED) is 0.692. The lowest BCUT2D eigenvalue weighted by Gasteiger charge is -1.98. The molecule has 0 bridgehead atoms. The van der Waals surface area contributed by atoms with Gasteiger partial charge in [-0.05, 0) is 30.7 Å². The Balaban J connectivity index is 2.47. The van der Waals surface area contributed by atoms with Gasteiger partial charge in [0.25, 0.3) is 0 Å². The van der Waals surface area contributed by atoms with Crippen molar-refractivity contribution in [1.29, 1.82) is 0 Å². The molecule has 0 saturated carbocycles. The van der Waals surface area contributed by atoms with Crippen LogP contribution in [0.2, 0.25) is 0 Å². The molecule has 0 atom stereocenters. The highest BCUT2D eigenvalue weighted by molar-refractivity contribution is 5.58. The van der Waals surface area contributed by atoms with E-state index in [0.29, 0.717) is 11.5 Å². The van der Waals surface area contributed by atoms with Crippen molar-refractivity contribution in [3.05, 3.63) is 41.7 Å². The minimum absolute atomic E-state index is 0.200. The summed E-state index contributed by atoms with van der Waals surface area (Å²) in [5.74, 6) is 0.413. The van der Waals surface area contributed by atoms with Gasteiger partial charge in [0.05, 0.1) is 0 Å². The number of aromatic nitrogens is 1. The Kier molecular flexibility index (Phi) is 2.08. The van der Waals surface area contributed by atoms with E-state index in [4.69, 9.17) is 4.42 Å². The number of benzene rings is 1. The molecule has 2 nitrogen and oxygen atoms in total. The van der Waals surface area contributed by atoms with Crippen LogP contribution in [0.5, 0.6) is 0 Å². The number of halogens is 1. The van der Waals surface area contributed by atoms with E-state index in [9.17, 15) is 4.39 Å². The molecule has 0 radical (unpaired) electrons. The Morgan fingerprint density at radius 3 is 2.64 bits per heavy atom. The highest BCUT2D eigenvalue weighted by Crippen LogP contribution is 2.20. The smallest absolute Gasteiger partial charge is 0.191 e. The summed E-state index contributed by atoms with van der Waals surface area (Å²) >= 11 is 0. The van der Waals surface area contributed by atoms with Gasteiger partial charge >= 0.3 is 0 Å². The van der Waals surface area contributed by atoms with E-state index in [1.165, 1.54) is 6.07 Å². The van der Waals surface area contributed by atoms with E-state index >= 15 is 0 Å². The van der Waals surface area contributed by atoms with Crippen molar-refractivity contribution < 1.29 is 8.81 Å². The zero-order valence-electron chi connectivity index (χ0n) is 8.04. The number of oxazole rings is 1. The monoisotopic (exact) mass is 191 g/mol. The first-order valence-corrected chi connectivity index (χ1v) is 4.35. The largest absolute Gasteiger partial charge is 0.449 e. The third-order valence-electron chi connectivity index (χ3n) is 2.07. The van der Waals surface area contributed by atoms with E-state index in [1.54, 1.807) is 32.2 Å². The fourth-order valence-electron chi connectivity index (χ4n) is 1.30. The summed E-state index contributed by atoms with van der Waals surface area (Å²) in [4.78, 5) is 4.16. The van der Waals surface area contributed by atoms with Gasteiger partial charge in [-0.25, -0.2) is 9.37 Å². The molecular weight excluding hydrogens is 181 g/mol. The van der Waals surface area contributed by atoms with Crippen LogP contribution in [-0.4, -0.2) is 4.98 Å². The first-order chi connectivity index (χ1) is 6.66. The van der Waals surface area contributed by atoms with Crippen LogP contribution < -0.4 is 0 Å². The second-order valence-electron chi connectivity index (χ2n) is 3.22. The van der Waals surface area contributed by atoms with Gasteiger partial charge in [0.2, 0.25) is 0 Å². The number of hydrogen-bond donors (Lipinski definition) is 0. The van der Waals surface area contributed by atoms with E-state index in [0.717, 1.165) is 11.3 Å². The van der Waals surface area contributed by atoms with E-state index in [1.807, 2.05) is 0 Å². The third kappa shape index (κ3) is 1.53. The maximum Gasteiger partial charge on any atom is 0.191 e. The standard InChI is InChI=1S/C11H10FNO/c1-7-5-9(3-4-10(7)12)11-6-14-8(2)13-11/h3-6H,1-2H3. The van der Waals surface area contributed by atoms with E-state index in [-0.39, 0.29) is 5.82 Å². The van der Waals surface area contributed by atoms with Crippen LogP contribution >= 0.6 is 0 Å². The maximum absolute atomic E-state index is 13.0. The van der Waals surface area contributed by atoms with Crippen LogP contribution in [0.4, 0.5) is 4.39 Å². The van der Waals surface area contributed by atoms with E-state index < -0.39 is 0 Å². The van der Waals surface area contributed by atoms with Gasteiger partial charge in [-0.3, -0.25) is 0 Å². The molecule has 3 heteroatoms. The first kappa shape index (κ1) is 8.94. The van der Waals surface area contributed by atoms with Crippen LogP contribution in [0.1, 0.15) is 11.5 Å². The number of nitrogens with zero attached hydrogens (tertiary/aromatic N) is 1. The molecule has 0 N–H and O–H groups in total. The van der Waals surface area contributed by atoms with Crippen molar-refractivity contribution >= 4 is 0 Å². The molecule has 2 aromatic rings. The summed E-state index contributed by atoms with van der Waals surface area (Å²) in [6, 6.07) is 4.89. The topological polar surface area (TPSA) is 26.0 Å². The van der Waals surface area contributed by atoms with Gasteiger partial charge in [-0.15, -0.1) is 0 Å². The minimum Gasteiger partial charge on any atom is -0.449 e. The lowest BCUT2D eigenvalue weighted by molar-refractivity contribution is 0.521. The first-order valence-electron chi connectivity index (χ1n) is 4.35. The molecule has 0 aliphatic carbocycles. The normalized spacial score (nSPS) is 10.5. The minimum atomic E-state index is -0.200. The summed E-state index contributed by atoms with van der Waals surface area (Å²) in [7, 11) is 0. The maximum atomic E-state index is 13.0. The molecule has 0 spiro atoms. The van der Waals surface area contributed by atoms with Crippen molar-refractivity contribution in [3.63, 3.8) is 0 Å². The molecular formula is C11H10FNO. The average Bonchev–Trinajstić information content (AvgIpc) is 2.57. The van der Waals surface area contributed by atoms with E-state index in [2.05, 4.69) is 4.98 Å². The Morgan fingerprint density at radius 2 is 2.07 bits per heavy atom. The molecule has 1 aromatic carbocycles. The fraction of sp³-hybridized carbons (Fsp3) is 0.182. The van der Waals surface area contributed by atoms with Gasteiger partial charge in [-0.1, -0.05) is 0 Å². The molecule has 1 aromatic heterocycles. The molecule has 0 saturated heterocycles. The molecule has 2 rings (SSSR count). The predicted molar refractivity (Wildman–Crippen MR) is 51.4 cm³/mol. The molecule has 0 fully saturated rings. The lowest BCUT2D eigenvalue weighted by atomic mass is 10.1. The highest BCUT2D eigenvalue weighted by Gasteiger charge is 2.05. The zero-order chi connectivity index (χ0) is 10.1. The SMILES string of the molecule is Cc1nc(-c2ccc(F)c(C)c2)co1. The van der Waals surface area contributed by atoms with Crippen LogP contribution in [-0.2, 0) is 0 Å². The second-order valence-corrected chi connectivity index (χ2v) is 3.22. The van der Waals surface area contributed by atoms with Gasteiger partial charge in [0.15, 0.2) is 5.89 Å². The van der Waals surface area contributed by atoms with Crippen molar-refractivity contribution in [2.24, 2.45) is 0 Å². The second kappa shape index (κ2) is 3.25. The summed E-state index contributed by atoms with van der Waals surface area (Å²) in [5.41, 5.74) is 2.23. The summed E-state index contributed by atoms with van der Waals surface area (Å²) in [5, 5.41) is 0. The lowest BCUT2D eigenvalue weighted by Crippen LogP contribution is -1.84. The van der Waals surface area contributed by atoms with Crippen molar-refractivity contribution in [1.82, 2.24) is 4.98 Å². The Morgan fingerprint density at radius 1 is 1.29 bits per heavy atom. The molecule has 0 unspecified atom stereocenters. The molecule has 72 valence electrons. The van der Waals surface area contributed by atoms with Gasteiger partial charge in [-0.2, -0.15) is 0 Å². The molecule has 14 heavy (non-hydrogen) atoms. The van der Waals surface area contributed by atoms with Crippen LogP contribution in [0.3, 0.4) is 0 Å². The summed E-state index contributed by atoms with van der Waals surface area (Å²) in [6.45, 7) is 3.51. The molecule has 0 aliphatic heterocycles. The van der Waals surface area contributed by atoms with Gasteiger partial charge in [0, 0.05) is 12.5 Å². The number of hydrogen-bond acceptors (Lipinski definition) is 2. The number of rotatable bonds is 1. The molecule has 0 amide bonds. The molecule has 0 aliphatic rings. The zero-order valence-corrected chi connectivity index (χ0v) is 8.04. The highest BCUT2D eigenvalue weighted by atomic mass is 19.1. The van der Waals surface area contributed by atoms with Crippen molar-refractivity contribution in [3.8, 4) is 11.3 Å². The van der Waals surface area contributed by atoms with Crippen molar-refractivity contribution in [2.45, 2.75) is 13.8 Å². The van der Waals surface area contributed by atoms with Crippen LogP contribution in [0.25, 0.3) is 11.3 Å². The van der Waals surface area contributed by atoms with Crippen LogP contribution in [0.15, 0.2) is 28.9 Å². The Hall–Kier alpha value is -1.64. The van der Waals surface area contributed by atoms with Gasteiger partial charge < -0.3 is 4.42 Å².